The van der Waals surface area contributed by atoms with Gasteiger partial charge in [-0.3, -0.25) is 9.88 Å². The van der Waals surface area contributed by atoms with Crippen molar-refractivity contribution in [3.05, 3.63) is 29.6 Å². The lowest BCUT2D eigenvalue weighted by Crippen LogP contribution is -2.52. The largest absolute Gasteiger partial charge is 0.327 e. The first kappa shape index (κ1) is 12.5. The van der Waals surface area contributed by atoms with Crippen molar-refractivity contribution in [1.29, 1.82) is 0 Å². The molecule has 3 nitrogen and oxygen atoms in total. The number of hydrogen-bond acceptors (Lipinski definition) is 3. The molecule has 94 valence electrons. The predicted molar refractivity (Wildman–Crippen MR) is 70.6 cm³/mol. The van der Waals surface area contributed by atoms with Gasteiger partial charge in [0.2, 0.25) is 0 Å². The molecule has 1 aliphatic heterocycles. The standard InChI is InChI=1S/C14H23N3/c1-11-4-6-16-8-12(11)9-17-7-5-13(15)14(2,3)10-17/h4,6,8,13H,5,7,9-10,15H2,1-3H3. The first-order valence-electron chi connectivity index (χ1n) is 6.36. The zero-order valence-corrected chi connectivity index (χ0v) is 11.1. The highest BCUT2D eigenvalue weighted by Crippen LogP contribution is 2.28. The number of aryl methyl sites for hydroxylation is 1. The van der Waals surface area contributed by atoms with Crippen molar-refractivity contribution in [1.82, 2.24) is 9.88 Å². The number of likely N-dealkylation sites (tertiary alicyclic amines) is 1. The summed E-state index contributed by atoms with van der Waals surface area (Å²) < 4.78 is 0. The summed E-state index contributed by atoms with van der Waals surface area (Å²) in [4.78, 5) is 6.70. The van der Waals surface area contributed by atoms with E-state index in [1.165, 1.54) is 11.1 Å². The van der Waals surface area contributed by atoms with E-state index in [2.05, 4.69) is 36.7 Å². The van der Waals surface area contributed by atoms with E-state index in [-0.39, 0.29) is 5.41 Å². The molecule has 0 bridgehead atoms. The SMILES string of the molecule is Cc1ccncc1CN1CCC(N)C(C)(C)C1. The summed E-state index contributed by atoms with van der Waals surface area (Å²) in [5.74, 6) is 0. The van der Waals surface area contributed by atoms with Crippen molar-refractivity contribution in [2.24, 2.45) is 11.1 Å². The number of nitrogens with zero attached hydrogens (tertiary/aromatic N) is 2. The van der Waals surface area contributed by atoms with Crippen LogP contribution >= 0.6 is 0 Å². The number of piperidine rings is 1. The molecule has 1 aromatic heterocycles. The Morgan fingerprint density at radius 2 is 2.29 bits per heavy atom. The van der Waals surface area contributed by atoms with Crippen LogP contribution in [0, 0.1) is 12.3 Å². The molecule has 0 aliphatic carbocycles. The van der Waals surface area contributed by atoms with Crippen LogP contribution in [0.5, 0.6) is 0 Å². The van der Waals surface area contributed by atoms with Crippen LogP contribution in [0.15, 0.2) is 18.5 Å². The highest BCUT2D eigenvalue weighted by atomic mass is 15.1. The second kappa shape index (κ2) is 4.75. The van der Waals surface area contributed by atoms with Crippen molar-refractivity contribution >= 4 is 0 Å². The van der Waals surface area contributed by atoms with Crippen molar-refractivity contribution in [3.63, 3.8) is 0 Å². The molecule has 0 amide bonds. The molecule has 1 atom stereocenters. The predicted octanol–water partition coefficient (Wildman–Crippen LogP) is 1.95. The number of rotatable bonds is 2. The van der Waals surface area contributed by atoms with Crippen molar-refractivity contribution in [2.45, 2.75) is 39.8 Å². The van der Waals surface area contributed by atoms with E-state index in [1.54, 1.807) is 0 Å². The minimum absolute atomic E-state index is 0.217. The third-order valence-electron chi connectivity index (χ3n) is 3.93. The average molecular weight is 233 g/mol. The van der Waals surface area contributed by atoms with Crippen LogP contribution in [0.4, 0.5) is 0 Å². The number of pyridine rings is 1. The monoisotopic (exact) mass is 233 g/mol. The fourth-order valence-corrected chi connectivity index (χ4v) is 2.52. The quantitative estimate of drug-likeness (QED) is 0.849. The van der Waals surface area contributed by atoms with E-state index >= 15 is 0 Å². The Morgan fingerprint density at radius 1 is 1.53 bits per heavy atom. The molecule has 0 radical (unpaired) electrons. The van der Waals surface area contributed by atoms with Gasteiger partial charge in [0.1, 0.15) is 0 Å². The maximum absolute atomic E-state index is 6.16. The molecule has 1 unspecified atom stereocenters. The fourth-order valence-electron chi connectivity index (χ4n) is 2.52. The molecular weight excluding hydrogens is 210 g/mol. The smallest absolute Gasteiger partial charge is 0.0315 e. The zero-order chi connectivity index (χ0) is 12.5. The van der Waals surface area contributed by atoms with Gasteiger partial charge in [0.25, 0.3) is 0 Å². The molecule has 1 aromatic rings. The van der Waals surface area contributed by atoms with Gasteiger partial charge in [0.15, 0.2) is 0 Å². The summed E-state index contributed by atoms with van der Waals surface area (Å²) in [6.07, 6.45) is 4.93. The first-order chi connectivity index (χ1) is 7.99. The highest BCUT2D eigenvalue weighted by Gasteiger charge is 2.33. The van der Waals surface area contributed by atoms with Gasteiger partial charge in [-0.05, 0) is 36.0 Å². The maximum Gasteiger partial charge on any atom is 0.0315 e. The molecule has 0 aromatic carbocycles. The Balaban J connectivity index is 2.04. The molecule has 0 saturated carbocycles. The summed E-state index contributed by atoms with van der Waals surface area (Å²) in [7, 11) is 0. The lowest BCUT2D eigenvalue weighted by Gasteiger charge is -2.42. The lowest BCUT2D eigenvalue weighted by molar-refractivity contribution is 0.0896. The van der Waals surface area contributed by atoms with E-state index < -0.39 is 0 Å². The van der Waals surface area contributed by atoms with Crippen LogP contribution < -0.4 is 5.73 Å². The summed E-state index contributed by atoms with van der Waals surface area (Å²) in [5, 5.41) is 0. The second-order valence-corrected chi connectivity index (χ2v) is 5.90. The Hall–Kier alpha value is -0.930. The lowest BCUT2D eigenvalue weighted by atomic mass is 9.79. The molecule has 1 fully saturated rings. The van der Waals surface area contributed by atoms with Crippen LogP contribution in [0.25, 0.3) is 0 Å². The second-order valence-electron chi connectivity index (χ2n) is 5.90. The number of nitrogens with two attached hydrogens (primary N) is 1. The minimum atomic E-state index is 0.217. The summed E-state index contributed by atoms with van der Waals surface area (Å²) in [5.41, 5.74) is 9.03. The Kier molecular flexibility index (Phi) is 3.50. The highest BCUT2D eigenvalue weighted by molar-refractivity contribution is 5.21. The van der Waals surface area contributed by atoms with Gasteiger partial charge in [0.05, 0.1) is 0 Å². The first-order valence-corrected chi connectivity index (χ1v) is 6.36. The molecule has 0 spiro atoms. The molecule has 1 aliphatic rings. The van der Waals surface area contributed by atoms with Gasteiger partial charge in [0, 0.05) is 38.1 Å². The molecule has 1 saturated heterocycles. The molecular formula is C14H23N3. The Bertz CT molecular complexity index is 387. The summed E-state index contributed by atoms with van der Waals surface area (Å²) in [6, 6.07) is 2.41. The third-order valence-corrected chi connectivity index (χ3v) is 3.93. The molecule has 17 heavy (non-hydrogen) atoms. The van der Waals surface area contributed by atoms with Gasteiger partial charge in [-0.25, -0.2) is 0 Å². The topological polar surface area (TPSA) is 42.2 Å². The van der Waals surface area contributed by atoms with Gasteiger partial charge in [-0.15, -0.1) is 0 Å². The van der Waals surface area contributed by atoms with Crippen LogP contribution in [0.2, 0.25) is 0 Å². The van der Waals surface area contributed by atoms with E-state index in [0.29, 0.717) is 6.04 Å². The summed E-state index contributed by atoms with van der Waals surface area (Å²) >= 11 is 0. The van der Waals surface area contributed by atoms with Gasteiger partial charge in [-0.2, -0.15) is 0 Å². The van der Waals surface area contributed by atoms with E-state index in [4.69, 9.17) is 5.73 Å². The summed E-state index contributed by atoms with van der Waals surface area (Å²) in [6.45, 7) is 9.84. The van der Waals surface area contributed by atoms with Crippen molar-refractivity contribution in [3.8, 4) is 0 Å². The van der Waals surface area contributed by atoms with Gasteiger partial charge in [-0.1, -0.05) is 13.8 Å². The van der Waals surface area contributed by atoms with E-state index in [1.807, 2.05) is 12.4 Å². The van der Waals surface area contributed by atoms with E-state index in [9.17, 15) is 0 Å². The Morgan fingerprint density at radius 3 is 2.94 bits per heavy atom. The minimum Gasteiger partial charge on any atom is -0.327 e. The van der Waals surface area contributed by atoms with Gasteiger partial charge >= 0.3 is 0 Å². The maximum atomic E-state index is 6.16. The fraction of sp³-hybridized carbons (Fsp3) is 0.643. The van der Waals surface area contributed by atoms with E-state index in [0.717, 1.165) is 26.1 Å². The van der Waals surface area contributed by atoms with Crippen LogP contribution in [0.1, 0.15) is 31.4 Å². The van der Waals surface area contributed by atoms with Crippen molar-refractivity contribution in [2.75, 3.05) is 13.1 Å². The average Bonchev–Trinajstić information content (AvgIpc) is 2.26. The van der Waals surface area contributed by atoms with Crippen LogP contribution in [-0.2, 0) is 6.54 Å². The Labute approximate surface area is 104 Å². The molecule has 2 rings (SSSR count). The third kappa shape index (κ3) is 2.85. The van der Waals surface area contributed by atoms with Crippen molar-refractivity contribution < 1.29 is 0 Å². The molecule has 2 heterocycles. The molecule has 3 heteroatoms. The van der Waals surface area contributed by atoms with Crippen LogP contribution in [0.3, 0.4) is 0 Å². The molecule has 2 N–H and O–H groups in total. The zero-order valence-electron chi connectivity index (χ0n) is 11.1. The number of aromatic nitrogens is 1. The normalized spacial score (nSPS) is 24.8. The number of hydrogen-bond donors (Lipinski definition) is 1. The van der Waals surface area contributed by atoms with Crippen LogP contribution in [-0.4, -0.2) is 29.0 Å². The van der Waals surface area contributed by atoms with Gasteiger partial charge < -0.3 is 5.73 Å².